The normalized spacial score (nSPS) is 16.5. The van der Waals surface area contributed by atoms with Crippen LogP contribution in [0.1, 0.15) is 92.3 Å². The molecule has 0 unspecified atom stereocenters. The molecule has 84 heavy (non-hydrogen) atoms. The lowest BCUT2D eigenvalue weighted by Gasteiger charge is -2.32. The van der Waals surface area contributed by atoms with Crippen molar-refractivity contribution in [3.8, 4) is 11.4 Å². The summed E-state index contributed by atoms with van der Waals surface area (Å²) in [6.07, 6.45) is 0.867. The Bertz CT molecular complexity index is 2820. The summed E-state index contributed by atoms with van der Waals surface area (Å²) in [5.74, 6) is -3.39. The maximum absolute atomic E-state index is 15.6. The fourth-order valence-electron chi connectivity index (χ4n) is 9.98. The molecule has 3 aliphatic rings. The van der Waals surface area contributed by atoms with Gasteiger partial charge in [-0.1, -0.05) is 25.9 Å². The van der Waals surface area contributed by atoms with Crippen LogP contribution in [-0.4, -0.2) is 188 Å². The van der Waals surface area contributed by atoms with Gasteiger partial charge in [0.25, 0.3) is 5.56 Å². The molecule has 7 N–H and O–H groups in total. The molecular formula is C56H81FN10O17. The van der Waals surface area contributed by atoms with E-state index in [4.69, 9.17) is 63.6 Å². The third-order valence-electron chi connectivity index (χ3n) is 14.4. The average Bonchev–Trinajstić information content (AvgIpc) is 3.09. The molecule has 27 nitrogen and oxygen atoms in total. The molecule has 464 valence electrons. The maximum Gasteiger partial charge on any atom is 0.343 e. The number of nitrogens with zero attached hydrogens (tertiary/aromatic N) is 5. The number of esters is 1. The number of hydrogen-bond donors (Lipinski definition) is 6. The van der Waals surface area contributed by atoms with E-state index >= 15 is 4.39 Å². The van der Waals surface area contributed by atoms with Gasteiger partial charge in [0.2, 0.25) is 17.7 Å². The highest BCUT2D eigenvalue weighted by Gasteiger charge is 2.46. The average molecular weight is 1190 g/mol. The number of benzene rings is 1. The number of azide groups is 1. The van der Waals surface area contributed by atoms with Crippen molar-refractivity contribution in [2.45, 2.75) is 103 Å². The van der Waals surface area contributed by atoms with Gasteiger partial charge in [-0.05, 0) is 73.2 Å². The molecule has 0 spiro atoms. The number of fused-ring (bicyclic) bond motifs is 5. The highest BCUT2D eigenvalue weighted by atomic mass is 19.1. The zero-order valence-electron chi connectivity index (χ0n) is 48.4. The van der Waals surface area contributed by atoms with Gasteiger partial charge in [-0.25, -0.2) is 19.0 Å². The van der Waals surface area contributed by atoms with Crippen molar-refractivity contribution >= 4 is 40.6 Å². The van der Waals surface area contributed by atoms with Crippen LogP contribution >= 0.6 is 0 Å². The summed E-state index contributed by atoms with van der Waals surface area (Å²) < 4.78 is 71.6. The summed E-state index contributed by atoms with van der Waals surface area (Å²) in [5, 5.41) is 26.7. The second-order valence-corrected chi connectivity index (χ2v) is 20.4. The maximum atomic E-state index is 15.6. The summed E-state index contributed by atoms with van der Waals surface area (Å²) in [5.41, 5.74) is 14.5. The van der Waals surface area contributed by atoms with Gasteiger partial charge in [-0.2, -0.15) is 0 Å². The standard InChI is InChI=1S/C56H81FN10O17/c1-5-56(74)40-31-45-50-38(33-67(45)53(71)39(40)34-84-54(56)72)48-42(9-8-37-36(4)41(57)32-44(62-50)47(37)48)63-51(69)43(7-6-11-60-55(58)73)64-52(70)49(35(2)3)65-46(68)10-13-75-15-17-77-19-21-79-23-25-81-27-29-83-30-28-82-26-24-80-22-20-78-18-16-76-14-12-61-66-59/h31-32,35,42-43,49,74H,5-30,33-34H2,1-4H3,(H,63,69)(H,64,70)(H,65,68)(H3,58,60,73)/t42-,43+,49-,56-/m0/s1. The van der Waals surface area contributed by atoms with E-state index in [0.29, 0.717) is 163 Å². The van der Waals surface area contributed by atoms with Crippen molar-refractivity contribution in [1.29, 1.82) is 0 Å². The third-order valence-corrected chi connectivity index (χ3v) is 14.4. The first kappa shape index (κ1) is 66.7. The third kappa shape index (κ3) is 18.8. The van der Waals surface area contributed by atoms with Crippen LogP contribution in [0.2, 0.25) is 0 Å². The minimum absolute atomic E-state index is 0.0233. The van der Waals surface area contributed by atoms with E-state index in [1.807, 2.05) is 0 Å². The van der Waals surface area contributed by atoms with Gasteiger partial charge in [0, 0.05) is 47.0 Å². The molecule has 0 bridgehead atoms. The highest BCUT2D eigenvalue weighted by molar-refractivity contribution is 5.95. The Morgan fingerprint density at radius 3 is 1.93 bits per heavy atom. The number of aromatic nitrogens is 2. The molecular weight excluding hydrogens is 1100 g/mol. The summed E-state index contributed by atoms with van der Waals surface area (Å²) in [6, 6.07) is -0.794. The predicted octanol–water partition coefficient (Wildman–Crippen LogP) is 2.55. The highest BCUT2D eigenvalue weighted by Crippen LogP contribution is 2.46. The molecule has 4 atom stereocenters. The number of aryl methyl sites for hydroxylation is 1. The van der Waals surface area contributed by atoms with Crippen LogP contribution in [0.4, 0.5) is 9.18 Å². The summed E-state index contributed by atoms with van der Waals surface area (Å²) in [7, 11) is 0. The van der Waals surface area contributed by atoms with Crippen LogP contribution in [-0.2, 0) is 91.7 Å². The van der Waals surface area contributed by atoms with Gasteiger partial charge in [0.15, 0.2) is 5.60 Å². The van der Waals surface area contributed by atoms with E-state index in [1.54, 1.807) is 33.8 Å². The number of nitrogens with two attached hydrogens (primary N) is 1. The predicted molar refractivity (Wildman–Crippen MR) is 300 cm³/mol. The van der Waals surface area contributed by atoms with Crippen molar-refractivity contribution in [2.24, 2.45) is 16.8 Å². The van der Waals surface area contributed by atoms with Crippen molar-refractivity contribution < 1.29 is 80.8 Å². The lowest BCUT2D eigenvalue weighted by Crippen LogP contribution is -2.56. The van der Waals surface area contributed by atoms with E-state index in [-0.39, 0.29) is 76.3 Å². The topological polar surface area (TPSA) is 356 Å². The molecule has 1 aromatic carbocycles. The number of amides is 5. The van der Waals surface area contributed by atoms with Crippen LogP contribution in [0.25, 0.3) is 32.7 Å². The second-order valence-electron chi connectivity index (χ2n) is 20.4. The molecule has 6 rings (SSSR count). The molecule has 1 aliphatic carbocycles. The number of cyclic esters (lactones) is 1. The molecule has 2 aromatic heterocycles. The fourth-order valence-corrected chi connectivity index (χ4v) is 9.98. The molecule has 5 amide bonds. The van der Waals surface area contributed by atoms with E-state index in [9.17, 15) is 33.9 Å². The van der Waals surface area contributed by atoms with Gasteiger partial charge >= 0.3 is 12.0 Å². The largest absolute Gasteiger partial charge is 0.458 e. The Balaban J connectivity index is 0.898. The molecule has 2 aliphatic heterocycles. The lowest BCUT2D eigenvalue weighted by atomic mass is 9.81. The number of halogens is 1. The smallest absolute Gasteiger partial charge is 0.343 e. The van der Waals surface area contributed by atoms with Gasteiger partial charge in [0.05, 0.1) is 154 Å². The first-order chi connectivity index (χ1) is 40.6. The van der Waals surface area contributed by atoms with Crippen LogP contribution in [0.15, 0.2) is 22.0 Å². The Kier molecular flexibility index (Phi) is 27.4. The summed E-state index contributed by atoms with van der Waals surface area (Å²) >= 11 is 0. The Morgan fingerprint density at radius 2 is 1.39 bits per heavy atom. The lowest BCUT2D eigenvalue weighted by molar-refractivity contribution is -0.172. The number of urea groups is 1. The number of carbonyl (C=O) groups excluding carboxylic acids is 5. The number of ether oxygens (including phenoxy) is 10. The molecule has 0 saturated heterocycles. The Hall–Kier alpha value is -6.43. The molecule has 4 heterocycles. The van der Waals surface area contributed by atoms with Crippen molar-refractivity contribution in [1.82, 2.24) is 30.8 Å². The molecule has 0 radical (unpaired) electrons. The monoisotopic (exact) mass is 1180 g/mol. The molecule has 0 fully saturated rings. The van der Waals surface area contributed by atoms with Crippen LogP contribution in [0.3, 0.4) is 0 Å². The van der Waals surface area contributed by atoms with E-state index in [2.05, 4.69) is 31.3 Å². The van der Waals surface area contributed by atoms with E-state index in [1.165, 1.54) is 10.6 Å². The minimum Gasteiger partial charge on any atom is -0.458 e. The van der Waals surface area contributed by atoms with E-state index < -0.39 is 70.7 Å². The number of primary amides is 1. The van der Waals surface area contributed by atoms with Crippen LogP contribution in [0.5, 0.6) is 0 Å². The first-order valence-corrected chi connectivity index (χ1v) is 28.6. The molecule has 28 heteroatoms. The second kappa shape index (κ2) is 34.5. The fraction of sp³-hybridized carbons (Fsp3) is 0.661. The molecule has 0 saturated carbocycles. The SMILES string of the molecule is CC[C@@]1(O)C(=O)OCc2c1cc1n(c2=O)Cc2c-1nc1cc(F)c(C)c3c1c2[C@@H](NC(=O)[C@@H](CCCNC(N)=O)NC(=O)[C@@H](NC(=O)CCOCCOCCOCCOCCOCCOCCOCCOCCOCCN=[N+]=[N-])C(C)C)CC3. The minimum atomic E-state index is -2.07. The van der Waals surface area contributed by atoms with Gasteiger partial charge in [-0.15, -0.1) is 0 Å². The first-order valence-electron chi connectivity index (χ1n) is 28.6. The van der Waals surface area contributed by atoms with Crippen LogP contribution < -0.4 is 32.6 Å². The van der Waals surface area contributed by atoms with Crippen molar-refractivity contribution in [2.75, 3.05) is 132 Å². The van der Waals surface area contributed by atoms with Crippen LogP contribution in [0, 0.1) is 18.7 Å². The number of nitrogens with one attached hydrogen (secondary N) is 4. The van der Waals surface area contributed by atoms with Crippen molar-refractivity contribution in [3.05, 3.63) is 72.1 Å². The number of rotatable bonds is 41. The Morgan fingerprint density at radius 1 is 0.833 bits per heavy atom. The van der Waals surface area contributed by atoms with Gasteiger partial charge in [0.1, 0.15) is 24.5 Å². The summed E-state index contributed by atoms with van der Waals surface area (Å²) in [6.45, 7) is 13.5. The molecule has 3 aromatic rings. The van der Waals surface area contributed by atoms with Gasteiger partial charge in [-0.3, -0.25) is 19.2 Å². The number of pyridine rings is 2. The number of carbonyl (C=O) groups is 5. The van der Waals surface area contributed by atoms with E-state index in [0.717, 1.165) is 0 Å². The quantitative estimate of drug-likeness (QED) is 0.0122. The zero-order chi connectivity index (χ0) is 60.4. The van der Waals surface area contributed by atoms with Crippen molar-refractivity contribution in [3.63, 3.8) is 0 Å². The zero-order valence-corrected chi connectivity index (χ0v) is 48.4. The van der Waals surface area contributed by atoms with Gasteiger partial charge < -0.3 is 84.0 Å². The Labute approximate surface area is 486 Å². The summed E-state index contributed by atoms with van der Waals surface area (Å²) in [4.78, 5) is 87.9. The number of aliphatic hydroxyl groups is 1. The number of hydrogen-bond acceptors (Lipinski definition) is 19.